The Morgan fingerprint density at radius 3 is 2.81 bits per heavy atom. The van der Waals surface area contributed by atoms with Crippen LogP contribution in [0, 0.1) is 5.92 Å². The summed E-state index contributed by atoms with van der Waals surface area (Å²) >= 11 is 0. The molecule has 1 saturated heterocycles. The van der Waals surface area contributed by atoms with Crippen molar-refractivity contribution in [3.63, 3.8) is 0 Å². The zero-order valence-corrected chi connectivity index (χ0v) is 14.9. The summed E-state index contributed by atoms with van der Waals surface area (Å²) in [6, 6.07) is 8.22. The molecule has 0 atom stereocenters. The number of nitrogens with zero attached hydrogens (tertiary/aromatic N) is 4. The van der Waals surface area contributed by atoms with Gasteiger partial charge in [0.15, 0.2) is 0 Å². The van der Waals surface area contributed by atoms with Crippen molar-refractivity contribution in [1.82, 2.24) is 14.9 Å². The quantitative estimate of drug-likeness (QED) is 0.825. The first-order valence-corrected chi connectivity index (χ1v) is 9.29. The van der Waals surface area contributed by atoms with Crippen molar-refractivity contribution in [2.24, 2.45) is 5.92 Å². The summed E-state index contributed by atoms with van der Waals surface area (Å²) in [5, 5.41) is 0. The molecule has 1 amide bonds. The second kappa shape index (κ2) is 7.83. The molecule has 0 aliphatic carbocycles. The van der Waals surface area contributed by atoms with Gasteiger partial charge in [-0.2, -0.15) is 0 Å². The molecule has 4 rings (SSSR count). The molecule has 2 aliphatic rings. The highest BCUT2D eigenvalue weighted by atomic mass is 16.5. The van der Waals surface area contributed by atoms with E-state index in [9.17, 15) is 4.79 Å². The van der Waals surface area contributed by atoms with Crippen molar-refractivity contribution < 1.29 is 9.53 Å². The molecule has 0 N–H and O–H groups in total. The number of aromatic nitrogens is 2. The van der Waals surface area contributed by atoms with Gasteiger partial charge in [-0.1, -0.05) is 18.2 Å². The topological polar surface area (TPSA) is 58.6 Å². The minimum Gasteiger partial charge on any atom is -0.476 e. The number of piperidine rings is 1. The van der Waals surface area contributed by atoms with Gasteiger partial charge in [-0.05, 0) is 49.9 Å². The van der Waals surface area contributed by atoms with Gasteiger partial charge in [0.2, 0.25) is 11.8 Å². The fraction of sp³-hybridized carbons (Fsp3) is 0.450. The van der Waals surface area contributed by atoms with E-state index in [0.717, 1.165) is 44.6 Å². The SMILES string of the molecule is O=C(CN1CCC(COc2cnccn2)CC1)N1CCc2ccccc21. The smallest absolute Gasteiger partial charge is 0.241 e. The number of likely N-dealkylation sites (tertiary alicyclic amines) is 1. The molecule has 2 aliphatic heterocycles. The molecule has 0 bridgehead atoms. The maximum absolute atomic E-state index is 12.7. The van der Waals surface area contributed by atoms with Crippen molar-refractivity contribution in [3.8, 4) is 5.88 Å². The number of fused-ring (bicyclic) bond motifs is 1. The molecule has 0 unspecified atom stereocenters. The number of anilines is 1. The van der Waals surface area contributed by atoms with Crippen LogP contribution in [-0.4, -0.2) is 53.6 Å². The summed E-state index contributed by atoms with van der Waals surface area (Å²) in [5.74, 6) is 1.30. The average molecular weight is 352 g/mol. The van der Waals surface area contributed by atoms with E-state index in [1.165, 1.54) is 5.56 Å². The number of carbonyl (C=O) groups excluding carboxylic acids is 1. The Labute approximate surface area is 153 Å². The number of carbonyl (C=O) groups is 1. The highest BCUT2D eigenvalue weighted by Crippen LogP contribution is 2.28. The molecule has 1 aromatic heterocycles. The van der Waals surface area contributed by atoms with Crippen LogP contribution in [0.1, 0.15) is 18.4 Å². The van der Waals surface area contributed by atoms with E-state index in [-0.39, 0.29) is 5.91 Å². The van der Waals surface area contributed by atoms with Crippen LogP contribution in [0.25, 0.3) is 0 Å². The lowest BCUT2D eigenvalue weighted by atomic mass is 9.98. The molecule has 2 aromatic rings. The second-order valence-corrected chi connectivity index (χ2v) is 7.00. The average Bonchev–Trinajstić information content (AvgIpc) is 3.12. The van der Waals surface area contributed by atoms with Gasteiger partial charge in [0.25, 0.3) is 0 Å². The highest BCUT2D eigenvalue weighted by Gasteiger charge is 2.27. The van der Waals surface area contributed by atoms with E-state index in [1.807, 2.05) is 17.0 Å². The van der Waals surface area contributed by atoms with Gasteiger partial charge in [-0.3, -0.25) is 14.7 Å². The Balaban J connectivity index is 1.23. The van der Waals surface area contributed by atoms with Crippen LogP contribution in [0.2, 0.25) is 0 Å². The van der Waals surface area contributed by atoms with Crippen molar-refractivity contribution >= 4 is 11.6 Å². The molecule has 6 nitrogen and oxygen atoms in total. The van der Waals surface area contributed by atoms with Gasteiger partial charge in [-0.15, -0.1) is 0 Å². The van der Waals surface area contributed by atoms with Crippen LogP contribution < -0.4 is 9.64 Å². The number of hydrogen-bond donors (Lipinski definition) is 0. The first kappa shape index (κ1) is 17.0. The van der Waals surface area contributed by atoms with E-state index in [4.69, 9.17) is 4.74 Å². The number of rotatable bonds is 5. The fourth-order valence-electron chi connectivity index (χ4n) is 3.75. The van der Waals surface area contributed by atoms with Gasteiger partial charge in [0.05, 0.1) is 19.3 Å². The predicted molar refractivity (Wildman–Crippen MR) is 99.2 cm³/mol. The van der Waals surface area contributed by atoms with E-state index >= 15 is 0 Å². The molecule has 3 heterocycles. The zero-order chi connectivity index (χ0) is 17.8. The molecule has 6 heteroatoms. The lowest BCUT2D eigenvalue weighted by molar-refractivity contribution is -0.120. The first-order valence-electron chi connectivity index (χ1n) is 9.29. The van der Waals surface area contributed by atoms with Gasteiger partial charge in [0, 0.05) is 24.6 Å². The van der Waals surface area contributed by atoms with E-state index in [0.29, 0.717) is 24.9 Å². The number of ether oxygens (including phenoxy) is 1. The summed E-state index contributed by atoms with van der Waals surface area (Å²) in [6.45, 7) is 3.86. The molecule has 136 valence electrons. The van der Waals surface area contributed by atoms with Crippen LogP contribution in [0.3, 0.4) is 0 Å². The van der Waals surface area contributed by atoms with Crippen molar-refractivity contribution in [3.05, 3.63) is 48.4 Å². The van der Waals surface area contributed by atoms with Crippen LogP contribution in [0.4, 0.5) is 5.69 Å². The summed E-state index contributed by atoms with van der Waals surface area (Å²) in [6.07, 6.45) is 7.97. The number of benzene rings is 1. The molecule has 1 fully saturated rings. The normalized spacial score (nSPS) is 17.9. The summed E-state index contributed by atoms with van der Waals surface area (Å²) < 4.78 is 5.71. The Bertz CT molecular complexity index is 744. The van der Waals surface area contributed by atoms with Gasteiger partial charge in [0.1, 0.15) is 0 Å². The Hall–Kier alpha value is -2.47. The molecule has 0 radical (unpaired) electrons. The van der Waals surface area contributed by atoms with Gasteiger partial charge < -0.3 is 9.64 Å². The summed E-state index contributed by atoms with van der Waals surface area (Å²) in [7, 11) is 0. The van der Waals surface area contributed by atoms with Crippen molar-refractivity contribution in [2.45, 2.75) is 19.3 Å². The number of para-hydroxylation sites is 1. The molecular formula is C20H24N4O2. The number of amides is 1. The van der Waals surface area contributed by atoms with Crippen LogP contribution in [0.5, 0.6) is 5.88 Å². The zero-order valence-electron chi connectivity index (χ0n) is 14.9. The lowest BCUT2D eigenvalue weighted by Crippen LogP contribution is -2.43. The van der Waals surface area contributed by atoms with Crippen LogP contribution in [0.15, 0.2) is 42.9 Å². The Morgan fingerprint density at radius 1 is 1.15 bits per heavy atom. The molecule has 26 heavy (non-hydrogen) atoms. The van der Waals surface area contributed by atoms with Crippen molar-refractivity contribution in [1.29, 1.82) is 0 Å². The monoisotopic (exact) mass is 352 g/mol. The van der Waals surface area contributed by atoms with Crippen molar-refractivity contribution in [2.75, 3.05) is 37.7 Å². The first-order chi connectivity index (χ1) is 12.8. The third-order valence-corrected chi connectivity index (χ3v) is 5.26. The minimum atomic E-state index is 0.212. The van der Waals surface area contributed by atoms with Crippen LogP contribution >= 0.6 is 0 Å². The molecule has 1 aromatic carbocycles. The summed E-state index contributed by atoms with van der Waals surface area (Å²) in [4.78, 5) is 25.1. The molecule has 0 saturated carbocycles. The molecule has 0 spiro atoms. The fourth-order valence-corrected chi connectivity index (χ4v) is 3.75. The lowest BCUT2D eigenvalue weighted by Gasteiger charge is -2.32. The minimum absolute atomic E-state index is 0.212. The maximum atomic E-state index is 12.7. The third kappa shape index (κ3) is 3.85. The summed E-state index contributed by atoms with van der Waals surface area (Å²) in [5.41, 5.74) is 2.37. The number of hydrogen-bond acceptors (Lipinski definition) is 5. The largest absolute Gasteiger partial charge is 0.476 e. The third-order valence-electron chi connectivity index (χ3n) is 5.26. The molecular weight excluding hydrogens is 328 g/mol. The Morgan fingerprint density at radius 2 is 2.00 bits per heavy atom. The van der Waals surface area contributed by atoms with E-state index in [1.54, 1.807) is 18.6 Å². The van der Waals surface area contributed by atoms with E-state index < -0.39 is 0 Å². The van der Waals surface area contributed by atoms with Crippen LogP contribution in [-0.2, 0) is 11.2 Å². The maximum Gasteiger partial charge on any atom is 0.241 e. The predicted octanol–water partition coefficient (Wildman–Crippen LogP) is 2.16. The van der Waals surface area contributed by atoms with Gasteiger partial charge >= 0.3 is 0 Å². The standard InChI is InChI=1S/C20H24N4O2/c25-20(24-12-7-17-3-1-2-4-18(17)24)14-23-10-5-16(6-11-23)15-26-19-13-21-8-9-22-19/h1-4,8-9,13,16H,5-7,10-12,14-15H2. The highest BCUT2D eigenvalue weighted by molar-refractivity contribution is 5.96. The Kier molecular flexibility index (Phi) is 5.11. The van der Waals surface area contributed by atoms with E-state index in [2.05, 4.69) is 27.0 Å². The van der Waals surface area contributed by atoms with Gasteiger partial charge in [-0.25, -0.2) is 4.98 Å². The second-order valence-electron chi connectivity index (χ2n) is 7.00.